The molecule has 1 atom stereocenters. The Balaban J connectivity index is 2.70. The van der Waals surface area contributed by atoms with Crippen molar-refractivity contribution in [2.24, 2.45) is 5.73 Å². The van der Waals surface area contributed by atoms with Gasteiger partial charge in [0.25, 0.3) is 0 Å². The van der Waals surface area contributed by atoms with E-state index in [2.05, 4.69) is 25.9 Å². The van der Waals surface area contributed by atoms with Crippen LogP contribution in [0.15, 0.2) is 10.7 Å². The van der Waals surface area contributed by atoms with Gasteiger partial charge in [0, 0.05) is 6.54 Å². The second-order valence-corrected chi connectivity index (χ2v) is 5.75. The van der Waals surface area contributed by atoms with Crippen LogP contribution in [0.1, 0.15) is 25.6 Å². The summed E-state index contributed by atoms with van der Waals surface area (Å²) in [5.74, 6) is 0. The Kier molecular flexibility index (Phi) is 6.28. The molecule has 0 aliphatic carbocycles. The Bertz CT molecular complexity index is 365. The van der Waals surface area contributed by atoms with E-state index in [-0.39, 0.29) is 12.1 Å². The highest BCUT2D eigenvalue weighted by atomic mass is 79.9. The van der Waals surface area contributed by atoms with Gasteiger partial charge in [-0.1, -0.05) is 0 Å². The van der Waals surface area contributed by atoms with Crippen LogP contribution in [0.4, 0.5) is 0 Å². The zero-order chi connectivity index (χ0) is 13.7. The quantitative estimate of drug-likeness (QED) is 0.830. The van der Waals surface area contributed by atoms with Gasteiger partial charge in [0.15, 0.2) is 0 Å². The largest absolute Gasteiger partial charge is 0.377 e. The van der Waals surface area contributed by atoms with E-state index in [9.17, 15) is 0 Å². The average molecular weight is 319 g/mol. The molecule has 0 saturated heterocycles. The lowest BCUT2D eigenvalue weighted by Gasteiger charge is -2.18. The van der Waals surface area contributed by atoms with Crippen molar-refractivity contribution < 1.29 is 4.74 Å². The lowest BCUT2D eigenvalue weighted by molar-refractivity contribution is 0.0666. The topological polar surface area (TPSA) is 56.3 Å². The SMILES string of the molecule is CC(C)OCC(N)c1c(Br)cnn1CCN(C)C. The number of aromatic nitrogens is 2. The molecule has 0 amide bonds. The minimum atomic E-state index is -0.161. The number of rotatable bonds is 7. The van der Waals surface area contributed by atoms with Crippen molar-refractivity contribution in [1.29, 1.82) is 0 Å². The minimum Gasteiger partial charge on any atom is -0.377 e. The molecule has 0 saturated carbocycles. The summed E-state index contributed by atoms with van der Waals surface area (Å²) in [6.45, 7) is 6.27. The fourth-order valence-electron chi connectivity index (χ4n) is 1.59. The summed E-state index contributed by atoms with van der Waals surface area (Å²) in [6.07, 6.45) is 1.98. The Morgan fingerprint density at radius 1 is 1.50 bits per heavy atom. The fraction of sp³-hybridized carbons (Fsp3) is 0.750. The van der Waals surface area contributed by atoms with Crippen molar-refractivity contribution in [3.63, 3.8) is 0 Å². The van der Waals surface area contributed by atoms with Gasteiger partial charge < -0.3 is 15.4 Å². The van der Waals surface area contributed by atoms with Gasteiger partial charge in [-0.2, -0.15) is 5.10 Å². The third kappa shape index (κ3) is 4.68. The molecule has 1 heterocycles. The van der Waals surface area contributed by atoms with Crippen LogP contribution in [0.3, 0.4) is 0 Å². The summed E-state index contributed by atoms with van der Waals surface area (Å²) < 4.78 is 8.45. The van der Waals surface area contributed by atoms with E-state index >= 15 is 0 Å². The molecule has 0 spiro atoms. The highest BCUT2D eigenvalue weighted by molar-refractivity contribution is 9.10. The van der Waals surface area contributed by atoms with E-state index in [0.717, 1.165) is 23.3 Å². The zero-order valence-electron chi connectivity index (χ0n) is 11.6. The summed E-state index contributed by atoms with van der Waals surface area (Å²) in [5.41, 5.74) is 7.16. The van der Waals surface area contributed by atoms with Gasteiger partial charge in [-0.05, 0) is 43.9 Å². The first-order valence-corrected chi connectivity index (χ1v) is 6.94. The van der Waals surface area contributed by atoms with Gasteiger partial charge in [-0.15, -0.1) is 0 Å². The van der Waals surface area contributed by atoms with Gasteiger partial charge in [-0.25, -0.2) is 0 Å². The van der Waals surface area contributed by atoms with Crippen LogP contribution < -0.4 is 5.73 Å². The number of halogens is 1. The van der Waals surface area contributed by atoms with Crippen molar-refractivity contribution >= 4 is 15.9 Å². The molecule has 2 N–H and O–H groups in total. The van der Waals surface area contributed by atoms with Gasteiger partial charge in [-0.3, -0.25) is 4.68 Å². The third-order valence-electron chi connectivity index (χ3n) is 2.55. The molecule has 0 aliphatic rings. The summed E-state index contributed by atoms with van der Waals surface area (Å²) in [6, 6.07) is -0.161. The van der Waals surface area contributed by atoms with Crippen molar-refractivity contribution in [1.82, 2.24) is 14.7 Å². The fourth-order valence-corrected chi connectivity index (χ4v) is 2.18. The smallest absolute Gasteiger partial charge is 0.0717 e. The standard InChI is InChI=1S/C12H23BrN4O/c1-9(2)18-8-11(14)12-10(13)7-15-17(12)6-5-16(3)4/h7,9,11H,5-6,8,14H2,1-4H3. The number of hydrogen-bond donors (Lipinski definition) is 1. The van der Waals surface area contributed by atoms with E-state index in [1.165, 1.54) is 0 Å². The maximum atomic E-state index is 6.17. The molecule has 104 valence electrons. The number of likely N-dealkylation sites (N-methyl/N-ethyl adjacent to an activating group) is 1. The van der Waals surface area contributed by atoms with Gasteiger partial charge in [0.05, 0.1) is 41.7 Å². The van der Waals surface area contributed by atoms with Gasteiger partial charge in [0.2, 0.25) is 0 Å². The maximum Gasteiger partial charge on any atom is 0.0717 e. The molecular formula is C12H23BrN4O. The van der Waals surface area contributed by atoms with Crippen molar-refractivity contribution in [3.05, 3.63) is 16.4 Å². The molecule has 0 radical (unpaired) electrons. The van der Waals surface area contributed by atoms with E-state index in [0.29, 0.717) is 6.61 Å². The number of hydrogen-bond acceptors (Lipinski definition) is 4. The first kappa shape index (κ1) is 15.6. The summed E-state index contributed by atoms with van der Waals surface area (Å²) in [7, 11) is 4.08. The lowest BCUT2D eigenvalue weighted by Crippen LogP contribution is -2.26. The van der Waals surface area contributed by atoms with E-state index in [1.54, 1.807) is 6.20 Å². The Morgan fingerprint density at radius 3 is 2.72 bits per heavy atom. The summed E-state index contributed by atoms with van der Waals surface area (Å²) >= 11 is 3.50. The monoisotopic (exact) mass is 318 g/mol. The predicted molar refractivity (Wildman–Crippen MR) is 76.5 cm³/mol. The highest BCUT2D eigenvalue weighted by Gasteiger charge is 2.17. The van der Waals surface area contributed by atoms with Gasteiger partial charge in [0.1, 0.15) is 0 Å². The highest BCUT2D eigenvalue weighted by Crippen LogP contribution is 2.22. The van der Waals surface area contributed by atoms with Crippen molar-refractivity contribution in [2.75, 3.05) is 27.2 Å². The average Bonchev–Trinajstić information content (AvgIpc) is 2.64. The third-order valence-corrected chi connectivity index (χ3v) is 3.16. The number of nitrogens with zero attached hydrogens (tertiary/aromatic N) is 3. The van der Waals surface area contributed by atoms with Crippen molar-refractivity contribution in [3.8, 4) is 0 Å². The first-order chi connectivity index (χ1) is 8.41. The molecule has 0 bridgehead atoms. The van der Waals surface area contributed by atoms with Crippen molar-refractivity contribution in [2.45, 2.75) is 32.5 Å². The van der Waals surface area contributed by atoms with Crippen LogP contribution in [0.5, 0.6) is 0 Å². The molecule has 18 heavy (non-hydrogen) atoms. The van der Waals surface area contributed by atoms with E-state index in [4.69, 9.17) is 10.5 Å². The molecule has 0 fully saturated rings. The zero-order valence-corrected chi connectivity index (χ0v) is 13.1. The van der Waals surface area contributed by atoms with Crippen LogP contribution in [-0.2, 0) is 11.3 Å². The molecular weight excluding hydrogens is 296 g/mol. The van der Waals surface area contributed by atoms with Crippen LogP contribution >= 0.6 is 15.9 Å². The van der Waals surface area contributed by atoms with E-state index in [1.807, 2.05) is 32.6 Å². The minimum absolute atomic E-state index is 0.161. The predicted octanol–water partition coefficient (Wildman–Crippen LogP) is 1.63. The molecule has 1 aromatic heterocycles. The second-order valence-electron chi connectivity index (χ2n) is 4.89. The van der Waals surface area contributed by atoms with Crippen LogP contribution in [-0.4, -0.2) is 48.0 Å². The van der Waals surface area contributed by atoms with Crippen LogP contribution in [0.25, 0.3) is 0 Å². The molecule has 6 heteroatoms. The first-order valence-electron chi connectivity index (χ1n) is 6.15. The Hall–Kier alpha value is -0.430. The molecule has 5 nitrogen and oxygen atoms in total. The van der Waals surface area contributed by atoms with Gasteiger partial charge >= 0.3 is 0 Å². The number of ether oxygens (including phenoxy) is 1. The molecule has 1 unspecified atom stereocenters. The molecule has 0 aromatic carbocycles. The number of nitrogens with two attached hydrogens (primary N) is 1. The Labute approximate surface area is 117 Å². The second kappa shape index (κ2) is 7.23. The maximum absolute atomic E-state index is 6.17. The normalized spacial score (nSPS) is 13.6. The molecule has 1 aromatic rings. The van der Waals surface area contributed by atoms with E-state index < -0.39 is 0 Å². The summed E-state index contributed by atoms with van der Waals surface area (Å²) in [5, 5.41) is 4.34. The lowest BCUT2D eigenvalue weighted by atomic mass is 10.2. The molecule has 0 aliphatic heterocycles. The molecule has 1 rings (SSSR count). The Morgan fingerprint density at radius 2 is 2.17 bits per heavy atom. The summed E-state index contributed by atoms with van der Waals surface area (Å²) in [4.78, 5) is 2.12. The van der Waals surface area contributed by atoms with Crippen LogP contribution in [0, 0.1) is 0 Å². The van der Waals surface area contributed by atoms with Crippen LogP contribution in [0.2, 0.25) is 0 Å².